The summed E-state index contributed by atoms with van der Waals surface area (Å²) in [4.78, 5) is 16.9. The number of nitrogens with zero attached hydrogens (tertiary/aromatic N) is 3. The highest BCUT2D eigenvalue weighted by atomic mass is 16.5. The van der Waals surface area contributed by atoms with E-state index < -0.39 is 0 Å². The van der Waals surface area contributed by atoms with Gasteiger partial charge < -0.3 is 10.1 Å². The Morgan fingerprint density at radius 1 is 1.16 bits per heavy atom. The lowest BCUT2D eigenvalue weighted by molar-refractivity contribution is -0.116. The first-order valence-corrected chi connectivity index (χ1v) is 8.13. The second-order valence-corrected chi connectivity index (χ2v) is 6.00. The minimum atomic E-state index is -0.142. The van der Waals surface area contributed by atoms with Crippen molar-refractivity contribution in [2.45, 2.75) is 19.3 Å². The molecule has 1 amide bonds. The van der Waals surface area contributed by atoms with Gasteiger partial charge in [0.05, 0.1) is 24.2 Å². The smallest absolute Gasteiger partial charge is 0.226 e. The third kappa shape index (κ3) is 2.65. The maximum atomic E-state index is 12.3. The van der Waals surface area contributed by atoms with Gasteiger partial charge in [0.25, 0.3) is 0 Å². The Labute approximate surface area is 145 Å². The molecule has 1 aromatic carbocycles. The fraction of sp³-hybridized carbons (Fsp3) is 0.211. The second-order valence-electron chi connectivity index (χ2n) is 6.00. The molecule has 0 fully saturated rings. The van der Waals surface area contributed by atoms with Gasteiger partial charge in [0.15, 0.2) is 0 Å². The number of methoxy groups -OCH3 is 1. The molecule has 1 aliphatic heterocycles. The summed E-state index contributed by atoms with van der Waals surface area (Å²) in [5, 5.41) is 7.64. The number of aryl methyl sites for hydroxylation is 1. The first-order valence-electron chi connectivity index (χ1n) is 8.13. The number of para-hydroxylation sites is 1. The van der Waals surface area contributed by atoms with E-state index in [1.165, 1.54) is 0 Å². The summed E-state index contributed by atoms with van der Waals surface area (Å²) in [5.41, 5.74) is 3.61. The van der Waals surface area contributed by atoms with E-state index in [4.69, 9.17) is 4.74 Å². The quantitative estimate of drug-likeness (QED) is 0.799. The third-order valence-corrected chi connectivity index (χ3v) is 4.41. The van der Waals surface area contributed by atoms with E-state index in [-0.39, 0.29) is 11.8 Å². The minimum absolute atomic E-state index is 0.0424. The van der Waals surface area contributed by atoms with Crippen molar-refractivity contribution in [2.75, 3.05) is 12.4 Å². The third-order valence-electron chi connectivity index (χ3n) is 4.41. The van der Waals surface area contributed by atoms with Gasteiger partial charge in [-0.15, -0.1) is 0 Å². The molecule has 25 heavy (non-hydrogen) atoms. The number of anilines is 1. The van der Waals surface area contributed by atoms with Crippen LogP contribution >= 0.6 is 0 Å². The predicted molar refractivity (Wildman–Crippen MR) is 94.2 cm³/mol. The number of aromatic nitrogens is 3. The van der Waals surface area contributed by atoms with E-state index in [9.17, 15) is 4.79 Å². The number of amides is 1. The number of rotatable bonds is 3. The van der Waals surface area contributed by atoms with Crippen molar-refractivity contribution >= 4 is 11.7 Å². The Balaban J connectivity index is 1.87. The van der Waals surface area contributed by atoms with Gasteiger partial charge in [0.1, 0.15) is 5.82 Å². The van der Waals surface area contributed by atoms with Crippen LogP contribution in [0.2, 0.25) is 0 Å². The zero-order valence-electron chi connectivity index (χ0n) is 14.1. The van der Waals surface area contributed by atoms with Crippen molar-refractivity contribution in [2.24, 2.45) is 0 Å². The molecule has 0 radical (unpaired) electrons. The van der Waals surface area contributed by atoms with E-state index >= 15 is 0 Å². The number of hydrogen-bond acceptors (Lipinski definition) is 4. The summed E-state index contributed by atoms with van der Waals surface area (Å²) >= 11 is 0. The highest BCUT2D eigenvalue weighted by Gasteiger charge is 2.33. The number of carbonyl (C=O) groups excluding carboxylic acids is 1. The van der Waals surface area contributed by atoms with Crippen molar-refractivity contribution in [1.29, 1.82) is 0 Å². The lowest BCUT2D eigenvalue weighted by Gasteiger charge is -2.23. The zero-order valence-corrected chi connectivity index (χ0v) is 14.1. The molecule has 1 aliphatic rings. The topological polar surface area (TPSA) is 69.0 Å². The summed E-state index contributed by atoms with van der Waals surface area (Å²) in [6.07, 6.45) is 0.342. The molecule has 126 valence electrons. The summed E-state index contributed by atoms with van der Waals surface area (Å²) < 4.78 is 7.02. The van der Waals surface area contributed by atoms with Crippen molar-refractivity contribution in [3.05, 3.63) is 65.5 Å². The average molecular weight is 334 g/mol. The van der Waals surface area contributed by atoms with Gasteiger partial charge in [-0.2, -0.15) is 5.10 Å². The molecule has 3 heterocycles. The number of fused-ring (bicyclic) bond motifs is 1. The van der Waals surface area contributed by atoms with Crippen LogP contribution in [0.15, 0.2) is 48.5 Å². The van der Waals surface area contributed by atoms with Crippen LogP contribution in [0.1, 0.15) is 29.3 Å². The highest BCUT2D eigenvalue weighted by molar-refractivity contribution is 5.95. The van der Waals surface area contributed by atoms with Crippen molar-refractivity contribution in [1.82, 2.24) is 14.8 Å². The molecule has 3 aromatic rings. The molecule has 0 spiro atoms. The first-order chi connectivity index (χ1) is 12.2. The van der Waals surface area contributed by atoms with Gasteiger partial charge in [-0.05, 0) is 25.1 Å². The van der Waals surface area contributed by atoms with Crippen LogP contribution in [-0.4, -0.2) is 27.8 Å². The van der Waals surface area contributed by atoms with Crippen LogP contribution in [0.5, 0.6) is 5.88 Å². The molecule has 6 nitrogen and oxygen atoms in total. The fourth-order valence-corrected chi connectivity index (χ4v) is 3.29. The van der Waals surface area contributed by atoms with Crippen molar-refractivity contribution in [3.63, 3.8) is 0 Å². The van der Waals surface area contributed by atoms with E-state index in [0.717, 1.165) is 28.5 Å². The van der Waals surface area contributed by atoms with Gasteiger partial charge in [-0.25, -0.2) is 9.67 Å². The summed E-state index contributed by atoms with van der Waals surface area (Å²) in [5.74, 6) is 1.07. The Kier molecular flexibility index (Phi) is 3.72. The number of pyridine rings is 1. The zero-order chi connectivity index (χ0) is 17.4. The van der Waals surface area contributed by atoms with Crippen molar-refractivity contribution in [3.8, 4) is 11.6 Å². The lowest BCUT2D eigenvalue weighted by atomic mass is 9.89. The molecule has 6 heteroatoms. The Morgan fingerprint density at radius 2 is 1.96 bits per heavy atom. The van der Waals surface area contributed by atoms with Gasteiger partial charge >= 0.3 is 0 Å². The van der Waals surface area contributed by atoms with Gasteiger partial charge in [0.2, 0.25) is 11.8 Å². The number of hydrogen-bond donors (Lipinski definition) is 1. The lowest BCUT2D eigenvalue weighted by Crippen LogP contribution is -2.25. The number of carbonyl (C=O) groups is 1. The number of nitrogens with one attached hydrogen (secondary N) is 1. The van der Waals surface area contributed by atoms with Gasteiger partial charge in [-0.3, -0.25) is 4.79 Å². The van der Waals surface area contributed by atoms with E-state index in [1.54, 1.807) is 17.9 Å². The van der Waals surface area contributed by atoms with Crippen LogP contribution in [-0.2, 0) is 4.79 Å². The molecule has 1 atom stereocenters. The van der Waals surface area contributed by atoms with E-state index in [1.807, 2.05) is 49.4 Å². The highest BCUT2D eigenvalue weighted by Crippen LogP contribution is 2.39. The maximum Gasteiger partial charge on any atom is 0.226 e. The largest absolute Gasteiger partial charge is 0.481 e. The SMILES string of the molecule is COc1cccc(C2CC(=O)Nc3c2c(C)nn3-c2ccccc2)n1. The fourth-order valence-electron chi connectivity index (χ4n) is 3.29. The number of benzene rings is 1. The molecule has 1 N–H and O–H groups in total. The van der Waals surface area contributed by atoms with Crippen LogP contribution in [0.25, 0.3) is 5.69 Å². The Morgan fingerprint density at radius 3 is 2.72 bits per heavy atom. The minimum Gasteiger partial charge on any atom is -0.481 e. The molecule has 0 aliphatic carbocycles. The molecule has 0 saturated carbocycles. The normalized spacial score (nSPS) is 16.2. The summed E-state index contributed by atoms with van der Waals surface area (Å²) in [6.45, 7) is 1.96. The maximum absolute atomic E-state index is 12.3. The first kappa shape index (κ1) is 15.4. The van der Waals surface area contributed by atoms with Crippen LogP contribution in [0, 0.1) is 6.92 Å². The standard InChI is InChI=1S/C19H18N4O2/c1-12-18-14(15-9-6-10-17(20-15)25-2)11-16(24)21-19(18)23(22-12)13-7-4-3-5-8-13/h3-10,14H,11H2,1-2H3,(H,21,24). The van der Waals surface area contributed by atoms with E-state index in [0.29, 0.717) is 12.3 Å². The molecule has 1 unspecified atom stereocenters. The van der Waals surface area contributed by atoms with Crippen LogP contribution < -0.4 is 10.1 Å². The van der Waals surface area contributed by atoms with Gasteiger partial charge in [-0.1, -0.05) is 24.3 Å². The monoisotopic (exact) mass is 334 g/mol. The van der Waals surface area contributed by atoms with Gasteiger partial charge in [0, 0.05) is 24.0 Å². The summed E-state index contributed by atoms with van der Waals surface area (Å²) in [6, 6.07) is 15.4. The van der Waals surface area contributed by atoms with E-state index in [2.05, 4.69) is 15.4 Å². The second kappa shape index (κ2) is 6.05. The molecule has 0 bridgehead atoms. The Bertz CT molecular complexity index is 934. The van der Waals surface area contributed by atoms with Crippen LogP contribution in [0.4, 0.5) is 5.82 Å². The predicted octanol–water partition coefficient (Wildman–Crippen LogP) is 3.06. The molecule has 0 saturated heterocycles. The average Bonchev–Trinajstić information content (AvgIpc) is 2.98. The Hall–Kier alpha value is -3.15. The number of ether oxygens (including phenoxy) is 1. The molecule has 4 rings (SSSR count). The molecular weight excluding hydrogens is 316 g/mol. The molecule has 2 aromatic heterocycles. The van der Waals surface area contributed by atoms with Crippen molar-refractivity contribution < 1.29 is 9.53 Å². The summed E-state index contributed by atoms with van der Waals surface area (Å²) in [7, 11) is 1.59. The van der Waals surface area contributed by atoms with Crippen LogP contribution in [0.3, 0.4) is 0 Å². The molecular formula is C19H18N4O2.